The summed E-state index contributed by atoms with van der Waals surface area (Å²) in [4.78, 5) is 12.1. The minimum atomic E-state index is -4.07. The predicted octanol–water partition coefficient (Wildman–Crippen LogP) is 3.82. The maximum atomic E-state index is 12.6. The number of hydrogen-bond acceptors (Lipinski definition) is 4. The third kappa shape index (κ3) is 5.18. The van der Waals surface area contributed by atoms with Crippen molar-refractivity contribution in [1.29, 1.82) is 0 Å². The normalized spacial score (nSPS) is 11.7. The Hall–Kier alpha value is -2.23. The van der Waals surface area contributed by atoms with Gasteiger partial charge in [0, 0.05) is 12.7 Å². The van der Waals surface area contributed by atoms with Crippen LogP contribution in [-0.4, -0.2) is 38.8 Å². The molecule has 1 amide bonds. The Morgan fingerprint density at radius 3 is 2.36 bits per heavy atom. The zero-order valence-corrected chi connectivity index (χ0v) is 16.9. The van der Waals surface area contributed by atoms with E-state index in [2.05, 4.69) is 10.1 Å². The molecule has 2 aromatic rings. The summed E-state index contributed by atoms with van der Waals surface area (Å²) in [7, 11) is -2.84. The number of sulfonamides is 1. The Bertz CT molecular complexity index is 963. The zero-order chi connectivity index (χ0) is 21.1. The topological polar surface area (TPSA) is 75.7 Å². The van der Waals surface area contributed by atoms with E-state index in [1.54, 1.807) is 0 Å². The second-order valence-corrected chi connectivity index (χ2v) is 8.50. The number of halogens is 3. The van der Waals surface area contributed by atoms with Gasteiger partial charge in [0.2, 0.25) is 15.9 Å². The highest BCUT2D eigenvalue weighted by Gasteiger charge is 2.24. The molecule has 1 N–H and O–H groups in total. The number of benzene rings is 2. The summed E-state index contributed by atoms with van der Waals surface area (Å²) < 4.78 is 54.9. The molecule has 6 nitrogen and oxygen atoms in total. The lowest BCUT2D eigenvalue weighted by atomic mass is 10.1. The van der Waals surface area contributed by atoms with E-state index < -0.39 is 29.1 Å². The van der Waals surface area contributed by atoms with Gasteiger partial charge in [-0.05, 0) is 43.2 Å². The molecule has 0 saturated carbocycles. The molecular formula is C18H19ClF2N2O4S. The maximum Gasteiger partial charge on any atom is 0.387 e. The number of ether oxygens (including phenoxy) is 1. The molecule has 0 aliphatic heterocycles. The van der Waals surface area contributed by atoms with Gasteiger partial charge in [0.15, 0.2) is 0 Å². The molecular weight excluding hydrogens is 414 g/mol. The molecule has 10 heteroatoms. The van der Waals surface area contributed by atoms with Gasteiger partial charge in [0.05, 0.1) is 16.5 Å². The number of rotatable bonds is 7. The molecule has 2 rings (SSSR count). The van der Waals surface area contributed by atoms with Crippen LogP contribution in [0.4, 0.5) is 14.5 Å². The van der Waals surface area contributed by atoms with Crippen LogP contribution >= 0.6 is 11.6 Å². The van der Waals surface area contributed by atoms with Gasteiger partial charge < -0.3 is 10.1 Å². The highest BCUT2D eigenvalue weighted by molar-refractivity contribution is 7.89. The number of hydrogen-bond donors (Lipinski definition) is 1. The molecule has 0 radical (unpaired) electrons. The van der Waals surface area contributed by atoms with Crippen LogP contribution < -0.4 is 10.1 Å². The number of amides is 1. The molecule has 152 valence electrons. The fourth-order valence-electron chi connectivity index (χ4n) is 2.49. The largest absolute Gasteiger partial charge is 0.433 e. The van der Waals surface area contributed by atoms with Crippen LogP contribution in [0, 0.1) is 13.8 Å². The summed E-state index contributed by atoms with van der Waals surface area (Å²) in [5, 5.41) is 2.42. The van der Waals surface area contributed by atoms with E-state index in [9.17, 15) is 22.0 Å². The fraction of sp³-hybridized carbons (Fsp3) is 0.278. The van der Waals surface area contributed by atoms with Crippen molar-refractivity contribution in [2.24, 2.45) is 0 Å². The van der Waals surface area contributed by atoms with Crippen molar-refractivity contribution in [3.8, 4) is 5.75 Å². The molecule has 0 aromatic heterocycles. The molecule has 0 unspecified atom stereocenters. The zero-order valence-electron chi connectivity index (χ0n) is 15.4. The molecule has 0 atom stereocenters. The summed E-state index contributed by atoms with van der Waals surface area (Å²) >= 11 is 5.81. The van der Waals surface area contributed by atoms with E-state index in [0.717, 1.165) is 33.6 Å². The smallest absolute Gasteiger partial charge is 0.387 e. The van der Waals surface area contributed by atoms with Gasteiger partial charge in [-0.15, -0.1) is 0 Å². The first-order valence-corrected chi connectivity index (χ1v) is 9.91. The number of nitrogens with one attached hydrogen (secondary N) is 1. The second-order valence-electron chi connectivity index (χ2n) is 6.05. The molecule has 0 fully saturated rings. The monoisotopic (exact) mass is 432 g/mol. The van der Waals surface area contributed by atoms with Crippen LogP contribution in [0.5, 0.6) is 5.75 Å². The average Bonchev–Trinajstić information content (AvgIpc) is 2.59. The molecule has 0 aliphatic carbocycles. The van der Waals surface area contributed by atoms with Gasteiger partial charge in [0.1, 0.15) is 5.75 Å². The van der Waals surface area contributed by atoms with Crippen molar-refractivity contribution < 1.29 is 26.7 Å². The molecule has 0 bridgehead atoms. The molecule has 0 spiro atoms. The standard InChI is InChI=1S/C18H19ClF2N2O4S/c1-11-5-4-6-12(2)17(11)22-16(24)10-23(3)28(25,26)13-7-8-15(14(19)9-13)27-18(20)21/h4-9,18H,10H2,1-3H3,(H,22,24). The Morgan fingerprint density at radius 2 is 1.82 bits per heavy atom. The molecule has 0 heterocycles. The number of para-hydroxylation sites is 1. The SMILES string of the molecule is Cc1cccc(C)c1NC(=O)CN(C)S(=O)(=O)c1ccc(OC(F)F)c(Cl)c1. The minimum absolute atomic E-state index is 0.249. The van der Waals surface area contributed by atoms with Crippen molar-refractivity contribution >= 4 is 33.2 Å². The van der Waals surface area contributed by atoms with Crippen LogP contribution in [0.25, 0.3) is 0 Å². The van der Waals surface area contributed by atoms with E-state index in [4.69, 9.17) is 11.6 Å². The summed E-state index contributed by atoms with van der Waals surface area (Å²) in [6.45, 7) is 0.127. The number of carbonyl (C=O) groups excluding carboxylic acids is 1. The van der Waals surface area contributed by atoms with E-state index >= 15 is 0 Å². The lowest BCUT2D eigenvalue weighted by Crippen LogP contribution is -2.35. The lowest BCUT2D eigenvalue weighted by molar-refractivity contribution is -0.116. The van der Waals surface area contributed by atoms with Crippen molar-refractivity contribution in [3.05, 3.63) is 52.5 Å². The predicted molar refractivity (Wildman–Crippen MR) is 102 cm³/mol. The van der Waals surface area contributed by atoms with Crippen LogP contribution in [0.1, 0.15) is 11.1 Å². The van der Waals surface area contributed by atoms with Gasteiger partial charge in [-0.2, -0.15) is 13.1 Å². The first kappa shape index (κ1) is 22.1. The van der Waals surface area contributed by atoms with Gasteiger partial charge in [-0.3, -0.25) is 4.79 Å². The van der Waals surface area contributed by atoms with E-state index in [-0.39, 0.29) is 15.7 Å². The highest BCUT2D eigenvalue weighted by atomic mass is 35.5. The average molecular weight is 433 g/mol. The third-order valence-corrected chi connectivity index (χ3v) is 6.03. The Morgan fingerprint density at radius 1 is 1.21 bits per heavy atom. The summed E-state index contributed by atoms with van der Waals surface area (Å²) in [6, 6.07) is 8.61. The Kier molecular flexibility index (Phi) is 6.97. The van der Waals surface area contributed by atoms with E-state index in [1.807, 2.05) is 32.0 Å². The number of carbonyl (C=O) groups is 1. The van der Waals surface area contributed by atoms with Gasteiger partial charge in [-0.1, -0.05) is 29.8 Å². The number of aryl methyl sites for hydroxylation is 2. The van der Waals surface area contributed by atoms with Gasteiger partial charge >= 0.3 is 6.61 Å². The summed E-state index contributed by atoms with van der Waals surface area (Å²) in [6.07, 6.45) is 0. The van der Waals surface area contributed by atoms with Crippen molar-refractivity contribution in [2.45, 2.75) is 25.4 Å². The van der Waals surface area contributed by atoms with E-state index in [0.29, 0.717) is 5.69 Å². The number of anilines is 1. The lowest BCUT2D eigenvalue weighted by Gasteiger charge is -2.18. The van der Waals surface area contributed by atoms with Crippen molar-refractivity contribution in [3.63, 3.8) is 0 Å². The number of nitrogens with zero attached hydrogens (tertiary/aromatic N) is 1. The van der Waals surface area contributed by atoms with Gasteiger partial charge in [-0.25, -0.2) is 8.42 Å². The van der Waals surface area contributed by atoms with Crippen LogP contribution in [0.2, 0.25) is 5.02 Å². The second kappa shape index (κ2) is 8.85. The molecule has 0 saturated heterocycles. The van der Waals surface area contributed by atoms with E-state index in [1.165, 1.54) is 7.05 Å². The highest BCUT2D eigenvalue weighted by Crippen LogP contribution is 2.29. The number of alkyl halides is 2. The first-order chi connectivity index (χ1) is 13.0. The quantitative estimate of drug-likeness (QED) is 0.721. The summed E-state index contributed by atoms with van der Waals surface area (Å²) in [5.41, 5.74) is 2.32. The Balaban J connectivity index is 2.15. The molecule has 2 aromatic carbocycles. The van der Waals surface area contributed by atoms with Crippen LogP contribution in [0.3, 0.4) is 0 Å². The minimum Gasteiger partial charge on any atom is -0.433 e. The molecule has 28 heavy (non-hydrogen) atoms. The van der Waals surface area contributed by atoms with Crippen LogP contribution in [0.15, 0.2) is 41.3 Å². The van der Waals surface area contributed by atoms with Gasteiger partial charge in [0.25, 0.3) is 0 Å². The first-order valence-electron chi connectivity index (χ1n) is 8.09. The third-order valence-electron chi connectivity index (χ3n) is 3.94. The summed E-state index contributed by atoms with van der Waals surface area (Å²) in [5.74, 6) is -0.863. The van der Waals surface area contributed by atoms with Crippen LogP contribution in [-0.2, 0) is 14.8 Å². The number of likely N-dealkylation sites (N-methyl/N-ethyl adjacent to an activating group) is 1. The fourth-order valence-corrected chi connectivity index (χ4v) is 3.93. The maximum absolute atomic E-state index is 12.6. The van der Waals surface area contributed by atoms with Crippen molar-refractivity contribution in [1.82, 2.24) is 4.31 Å². The Labute approximate surface area is 167 Å². The van der Waals surface area contributed by atoms with Crippen molar-refractivity contribution in [2.75, 3.05) is 18.9 Å². The molecule has 0 aliphatic rings.